The summed E-state index contributed by atoms with van der Waals surface area (Å²) in [6.45, 7) is 16.4. The maximum absolute atomic E-state index is 6.36. The van der Waals surface area contributed by atoms with Crippen LogP contribution in [0.1, 0.15) is 66.4 Å². The van der Waals surface area contributed by atoms with Crippen LogP contribution < -0.4 is 10.1 Å². The van der Waals surface area contributed by atoms with Crippen molar-refractivity contribution in [1.82, 2.24) is 5.32 Å². The van der Waals surface area contributed by atoms with E-state index in [2.05, 4.69) is 78.0 Å². The van der Waals surface area contributed by atoms with Crippen LogP contribution in [0.15, 0.2) is 24.3 Å². The van der Waals surface area contributed by atoms with E-state index >= 15 is 0 Å². The average molecular weight is 291 g/mol. The zero-order valence-corrected chi connectivity index (χ0v) is 14.9. The Bertz CT molecular complexity index is 420. The number of para-hydroxylation sites is 1. The second kappa shape index (κ2) is 7.84. The standard InChI is InChI=1S/C19H33NO/c1-8-15(4)16-11-9-10-12-17(16)21-18(14(2)3)13-20-19(5,6)7/h9-12,14-15,18,20H,8,13H2,1-7H3. The summed E-state index contributed by atoms with van der Waals surface area (Å²) < 4.78 is 6.36. The predicted octanol–water partition coefficient (Wildman–Crippen LogP) is 4.99. The van der Waals surface area contributed by atoms with E-state index in [0.717, 1.165) is 18.7 Å². The van der Waals surface area contributed by atoms with Crippen LogP contribution in [0.5, 0.6) is 5.75 Å². The van der Waals surface area contributed by atoms with Crippen molar-refractivity contribution in [3.8, 4) is 5.75 Å². The molecule has 120 valence electrons. The van der Waals surface area contributed by atoms with Crippen molar-refractivity contribution < 1.29 is 4.74 Å². The highest BCUT2D eigenvalue weighted by molar-refractivity contribution is 5.36. The second-order valence-corrected chi connectivity index (χ2v) is 7.38. The molecule has 0 spiro atoms. The van der Waals surface area contributed by atoms with Gasteiger partial charge in [-0.1, -0.05) is 45.9 Å². The Morgan fingerprint density at radius 1 is 1.10 bits per heavy atom. The summed E-state index contributed by atoms with van der Waals surface area (Å²) in [7, 11) is 0. The van der Waals surface area contributed by atoms with Crippen LogP contribution in [-0.4, -0.2) is 18.2 Å². The van der Waals surface area contributed by atoms with Gasteiger partial charge in [0.15, 0.2) is 0 Å². The van der Waals surface area contributed by atoms with Gasteiger partial charge in [-0.25, -0.2) is 0 Å². The lowest BCUT2D eigenvalue weighted by molar-refractivity contribution is 0.138. The predicted molar refractivity (Wildman–Crippen MR) is 92.2 cm³/mol. The molecule has 2 unspecified atom stereocenters. The van der Waals surface area contributed by atoms with Crippen molar-refractivity contribution in [3.05, 3.63) is 29.8 Å². The van der Waals surface area contributed by atoms with Gasteiger partial charge in [0.25, 0.3) is 0 Å². The number of benzene rings is 1. The molecule has 2 heteroatoms. The molecule has 0 saturated carbocycles. The van der Waals surface area contributed by atoms with E-state index in [1.165, 1.54) is 5.56 Å². The Hall–Kier alpha value is -1.02. The minimum Gasteiger partial charge on any atom is -0.489 e. The van der Waals surface area contributed by atoms with Crippen LogP contribution in [0, 0.1) is 5.92 Å². The maximum Gasteiger partial charge on any atom is 0.123 e. The first kappa shape index (κ1) is 18.0. The van der Waals surface area contributed by atoms with Gasteiger partial charge in [-0.15, -0.1) is 0 Å². The van der Waals surface area contributed by atoms with Gasteiger partial charge in [-0.2, -0.15) is 0 Å². The van der Waals surface area contributed by atoms with Crippen LogP contribution in [0.4, 0.5) is 0 Å². The van der Waals surface area contributed by atoms with Gasteiger partial charge in [0.2, 0.25) is 0 Å². The SMILES string of the molecule is CCC(C)c1ccccc1OC(CNC(C)(C)C)C(C)C. The molecule has 0 aromatic heterocycles. The van der Waals surface area contributed by atoms with E-state index in [1.807, 2.05) is 0 Å². The summed E-state index contributed by atoms with van der Waals surface area (Å²) in [4.78, 5) is 0. The molecular weight excluding hydrogens is 258 g/mol. The van der Waals surface area contributed by atoms with Gasteiger partial charge in [0.05, 0.1) is 0 Å². The molecule has 0 bridgehead atoms. The fourth-order valence-corrected chi connectivity index (χ4v) is 2.20. The van der Waals surface area contributed by atoms with Crippen LogP contribution >= 0.6 is 0 Å². The first-order valence-corrected chi connectivity index (χ1v) is 8.25. The summed E-state index contributed by atoms with van der Waals surface area (Å²) in [5.41, 5.74) is 1.44. The molecule has 0 radical (unpaired) electrons. The normalized spacial score (nSPS) is 15.0. The topological polar surface area (TPSA) is 21.3 Å². The first-order chi connectivity index (χ1) is 9.74. The van der Waals surface area contributed by atoms with Crippen molar-refractivity contribution in [2.24, 2.45) is 5.92 Å². The number of ether oxygens (including phenoxy) is 1. The number of nitrogens with one attached hydrogen (secondary N) is 1. The van der Waals surface area contributed by atoms with Gasteiger partial charge in [0.1, 0.15) is 11.9 Å². The Labute approximate surface area is 131 Å². The summed E-state index contributed by atoms with van der Waals surface area (Å²) in [5.74, 6) is 2.05. The van der Waals surface area contributed by atoms with Crippen molar-refractivity contribution >= 4 is 0 Å². The van der Waals surface area contributed by atoms with Crippen molar-refractivity contribution in [2.45, 2.75) is 72.4 Å². The Morgan fingerprint density at radius 2 is 1.71 bits per heavy atom. The third-order valence-electron chi connectivity index (χ3n) is 3.92. The molecular formula is C19H33NO. The van der Waals surface area contributed by atoms with E-state index in [4.69, 9.17) is 4.74 Å². The molecule has 1 rings (SSSR count). The molecule has 0 amide bonds. The van der Waals surface area contributed by atoms with Gasteiger partial charge in [-0.3, -0.25) is 0 Å². The number of hydrogen-bond acceptors (Lipinski definition) is 2. The van der Waals surface area contributed by atoms with Gasteiger partial charge >= 0.3 is 0 Å². The molecule has 0 aliphatic heterocycles. The minimum absolute atomic E-state index is 0.118. The van der Waals surface area contributed by atoms with Crippen LogP contribution in [0.3, 0.4) is 0 Å². The summed E-state index contributed by atoms with van der Waals surface area (Å²) in [6.07, 6.45) is 1.32. The zero-order valence-electron chi connectivity index (χ0n) is 14.9. The number of hydrogen-bond donors (Lipinski definition) is 1. The minimum atomic E-state index is 0.118. The Kier molecular flexibility index (Phi) is 6.73. The third-order valence-corrected chi connectivity index (χ3v) is 3.92. The quantitative estimate of drug-likeness (QED) is 0.764. The molecule has 1 N–H and O–H groups in total. The lowest BCUT2D eigenvalue weighted by Gasteiger charge is -2.29. The van der Waals surface area contributed by atoms with Gasteiger partial charge in [-0.05, 0) is 50.7 Å². The lowest BCUT2D eigenvalue weighted by atomic mass is 9.97. The van der Waals surface area contributed by atoms with Crippen LogP contribution in [0.25, 0.3) is 0 Å². The third kappa shape index (κ3) is 6.09. The maximum atomic E-state index is 6.36. The molecule has 0 saturated heterocycles. The average Bonchev–Trinajstić information content (AvgIpc) is 2.41. The smallest absolute Gasteiger partial charge is 0.123 e. The highest BCUT2D eigenvalue weighted by atomic mass is 16.5. The zero-order chi connectivity index (χ0) is 16.0. The number of rotatable bonds is 7. The lowest BCUT2D eigenvalue weighted by Crippen LogP contribution is -2.44. The molecule has 1 aromatic carbocycles. The summed E-state index contributed by atoms with van der Waals surface area (Å²) in [6, 6.07) is 8.47. The highest BCUT2D eigenvalue weighted by Gasteiger charge is 2.20. The second-order valence-electron chi connectivity index (χ2n) is 7.38. The van der Waals surface area contributed by atoms with Crippen molar-refractivity contribution in [2.75, 3.05) is 6.54 Å². The van der Waals surface area contributed by atoms with Gasteiger partial charge < -0.3 is 10.1 Å². The molecule has 0 fully saturated rings. The van der Waals surface area contributed by atoms with E-state index in [0.29, 0.717) is 11.8 Å². The van der Waals surface area contributed by atoms with E-state index in [9.17, 15) is 0 Å². The van der Waals surface area contributed by atoms with Crippen molar-refractivity contribution in [1.29, 1.82) is 0 Å². The Balaban J connectivity index is 2.84. The Morgan fingerprint density at radius 3 is 2.24 bits per heavy atom. The molecule has 0 aliphatic rings. The van der Waals surface area contributed by atoms with Crippen LogP contribution in [-0.2, 0) is 0 Å². The fourth-order valence-electron chi connectivity index (χ4n) is 2.20. The summed E-state index contributed by atoms with van der Waals surface area (Å²) >= 11 is 0. The molecule has 2 atom stereocenters. The van der Waals surface area contributed by atoms with E-state index < -0.39 is 0 Å². The van der Waals surface area contributed by atoms with E-state index in [1.54, 1.807) is 0 Å². The fraction of sp³-hybridized carbons (Fsp3) is 0.684. The van der Waals surface area contributed by atoms with Crippen LogP contribution in [0.2, 0.25) is 0 Å². The van der Waals surface area contributed by atoms with Gasteiger partial charge in [0, 0.05) is 12.1 Å². The van der Waals surface area contributed by atoms with E-state index in [-0.39, 0.29) is 11.6 Å². The highest BCUT2D eigenvalue weighted by Crippen LogP contribution is 2.29. The molecule has 1 aromatic rings. The first-order valence-electron chi connectivity index (χ1n) is 8.25. The van der Waals surface area contributed by atoms with Crippen molar-refractivity contribution in [3.63, 3.8) is 0 Å². The summed E-state index contributed by atoms with van der Waals surface area (Å²) in [5, 5.41) is 3.56. The molecule has 0 heterocycles. The molecule has 2 nitrogen and oxygen atoms in total. The largest absolute Gasteiger partial charge is 0.489 e. The molecule has 21 heavy (non-hydrogen) atoms. The molecule has 0 aliphatic carbocycles. The monoisotopic (exact) mass is 291 g/mol.